The number of carbonyl (C=O) groups is 3. The van der Waals surface area contributed by atoms with Crippen LogP contribution in [-0.2, 0) is 19.1 Å². The molecule has 1 aliphatic rings. The molecule has 0 aliphatic carbocycles. The second kappa shape index (κ2) is 9.44. The van der Waals surface area contributed by atoms with Gasteiger partial charge in [0.2, 0.25) is 5.91 Å². The highest BCUT2D eigenvalue weighted by Crippen LogP contribution is 2.17. The first-order valence-electron chi connectivity index (χ1n) is 8.67. The minimum Gasteiger partial charge on any atom is -0.461 e. The van der Waals surface area contributed by atoms with E-state index >= 15 is 0 Å². The van der Waals surface area contributed by atoms with E-state index in [9.17, 15) is 14.4 Å². The SMILES string of the molecule is C=CCOC(=O)CC(C(=O)N1CCCCC1)N(C)C(=O)OC(C)(C)C. The molecule has 0 aromatic rings. The van der Waals surface area contributed by atoms with Gasteiger partial charge in [-0.3, -0.25) is 14.5 Å². The molecule has 25 heavy (non-hydrogen) atoms. The number of hydrogen-bond acceptors (Lipinski definition) is 5. The maximum Gasteiger partial charge on any atom is 0.410 e. The van der Waals surface area contributed by atoms with Crippen molar-refractivity contribution in [3.63, 3.8) is 0 Å². The average molecular weight is 354 g/mol. The van der Waals surface area contributed by atoms with Crippen LogP contribution in [0.5, 0.6) is 0 Å². The molecule has 0 bridgehead atoms. The van der Waals surface area contributed by atoms with Gasteiger partial charge in [0.05, 0.1) is 6.42 Å². The molecule has 7 heteroatoms. The third kappa shape index (κ3) is 7.15. The molecule has 1 heterocycles. The van der Waals surface area contributed by atoms with Gasteiger partial charge in [-0.15, -0.1) is 0 Å². The zero-order valence-corrected chi connectivity index (χ0v) is 15.7. The summed E-state index contributed by atoms with van der Waals surface area (Å²) in [5, 5.41) is 0. The molecule has 0 aromatic heterocycles. The van der Waals surface area contributed by atoms with Gasteiger partial charge in [0, 0.05) is 20.1 Å². The summed E-state index contributed by atoms with van der Waals surface area (Å²) in [5.74, 6) is -0.797. The van der Waals surface area contributed by atoms with Crippen LogP contribution in [-0.4, -0.2) is 66.2 Å². The topological polar surface area (TPSA) is 76.2 Å². The van der Waals surface area contributed by atoms with Crippen LogP contribution >= 0.6 is 0 Å². The van der Waals surface area contributed by atoms with Crippen LogP contribution in [0.2, 0.25) is 0 Å². The summed E-state index contributed by atoms with van der Waals surface area (Å²) in [4.78, 5) is 40.1. The number of likely N-dealkylation sites (N-methyl/N-ethyl adjacent to an activating group) is 1. The maximum absolute atomic E-state index is 12.9. The van der Waals surface area contributed by atoms with Gasteiger partial charge >= 0.3 is 12.1 Å². The molecule has 0 spiro atoms. The first kappa shape index (κ1) is 21.0. The summed E-state index contributed by atoms with van der Waals surface area (Å²) in [6.07, 6.45) is 3.54. The lowest BCUT2D eigenvalue weighted by molar-refractivity contribution is -0.148. The minimum atomic E-state index is -0.940. The third-order valence-corrected chi connectivity index (χ3v) is 3.82. The van der Waals surface area contributed by atoms with Crippen LogP contribution < -0.4 is 0 Å². The van der Waals surface area contributed by atoms with E-state index < -0.39 is 23.7 Å². The van der Waals surface area contributed by atoms with Crippen molar-refractivity contribution in [3.05, 3.63) is 12.7 Å². The van der Waals surface area contributed by atoms with Gasteiger partial charge in [-0.1, -0.05) is 12.7 Å². The van der Waals surface area contributed by atoms with Gasteiger partial charge in [0.25, 0.3) is 0 Å². The Labute approximate surface area is 149 Å². The minimum absolute atomic E-state index is 0.0691. The molecule has 142 valence electrons. The number of rotatable bonds is 6. The van der Waals surface area contributed by atoms with Crippen molar-refractivity contribution in [2.75, 3.05) is 26.7 Å². The molecule has 0 radical (unpaired) electrons. The summed E-state index contributed by atoms with van der Waals surface area (Å²) >= 11 is 0. The van der Waals surface area contributed by atoms with Crippen LogP contribution in [0, 0.1) is 0 Å². The van der Waals surface area contributed by atoms with E-state index in [0.717, 1.165) is 19.3 Å². The Hall–Kier alpha value is -2.05. The first-order valence-corrected chi connectivity index (χ1v) is 8.67. The van der Waals surface area contributed by atoms with Crippen molar-refractivity contribution in [2.45, 2.75) is 58.1 Å². The molecule has 7 nitrogen and oxygen atoms in total. The van der Waals surface area contributed by atoms with Crippen LogP contribution in [0.1, 0.15) is 46.5 Å². The van der Waals surface area contributed by atoms with E-state index in [4.69, 9.17) is 9.47 Å². The summed E-state index contributed by atoms with van der Waals surface area (Å²) in [7, 11) is 1.47. The highest BCUT2D eigenvalue weighted by molar-refractivity contribution is 5.89. The number of likely N-dealkylation sites (tertiary alicyclic amines) is 1. The number of esters is 1. The first-order chi connectivity index (χ1) is 11.7. The van der Waals surface area contributed by atoms with E-state index in [-0.39, 0.29) is 18.9 Å². The Kier molecular flexibility index (Phi) is 7.93. The number of amides is 2. The summed E-state index contributed by atoms with van der Waals surface area (Å²) in [5.41, 5.74) is -0.687. The van der Waals surface area contributed by atoms with Gasteiger partial charge in [-0.2, -0.15) is 0 Å². The van der Waals surface area contributed by atoms with Crippen molar-refractivity contribution < 1.29 is 23.9 Å². The van der Waals surface area contributed by atoms with E-state index in [1.807, 2.05) is 0 Å². The van der Waals surface area contributed by atoms with E-state index in [0.29, 0.717) is 13.1 Å². The molecule has 0 aromatic carbocycles. The monoisotopic (exact) mass is 354 g/mol. The predicted molar refractivity (Wildman–Crippen MR) is 94.0 cm³/mol. The van der Waals surface area contributed by atoms with E-state index in [1.165, 1.54) is 18.0 Å². The largest absolute Gasteiger partial charge is 0.461 e. The van der Waals surface area contributed by atoms with Gasteiger partial charge < -0.3 is 14.4 Å². The van der Waals surface area contributed by atoms with Gasteiger partial charge in [-0.05, 0) is 40.0 Å². The fraction of sp³-hybridized carbons (Fsp3) is 0.722. The molecule has 0 N–H and O–H groups in total. The van der Waals surface area contributed by atoms with Crippen molar-refractivity contribution in [3.8, 4) is 0 Å². The number of nitrogens with zero attached hydrogens (tertiary/aromatic N) is 2. The molecule has 2 amide bonds. The molecule has 1 unspecified atom stereocenters. The Bertz CT molecular complexity index is 492. The molecular formula is C18H30N2O5. The summed E-state index contributed by atoms with van der Waals surface area (Å²) in [6.45, 7) is 10.1. The number of piperidine rings is 1. The Morgan fingerprint density at radius 1 is 1.20 bits per heavy atom. The lowest BCUT2D eigenvalue weighted by atomic mass is 10.1. The van der Waals surface area contributed by atoms with Crippen molar-refractivity contribution >= 4 is 18.0 Å². The highest BCUT2D eigenvalue weighted by Gasteiger charge is 2.35. The second-order valence-corrected chi connectivity index (χ2v) is 7.17. The van der Waals surface area contributed by atoms with Crippen LogP contribution in [0.15, 0.2) is 12.7 Å². The Morgan fingerprint density at radius 2 is 1.80 bits per heavy atom. The van der Waals surface area contributed by atoms with Crippen molar-refractivity contribution in [1.82, 2.24) is 9.80 Å². The third-order valence-electron chi connectivity index (χ3n) is 3.82. The molecule has 0 saturated carbocycles. The van der Waals surface area contributed by atoms with E-state index in [2.05, 4.69) is 6.58 Å². The standard InChI is InChI=1S/C18H30N2O5/c1-6-12-24-15(21)13-14(16(22)20-10-8-7-9-11-20)19(5)17(23)25-18(2,3)4/h6,14H,1,7-13H2,2-5H3. The number of ether oxygens (including phenoxy) is 2. The van der Waals surface area contributed by atoms with E-state index in [1.54, 1.807) is 25.7 Å². The van der Waals surface area contributed by atoms with Gasteiger partial charge in [0.1, 0.15) is 18.2 Å². The normalized spacial score (nSPS) is 15.9. The number of hydrogen-bond donors (Lipinski definition) is 0. The molecule has 1 rings (SSSR count). The second-order valence-electron chi connectivity index (χ2n) is 7.17. The fourth-order valence-corrected chi connectivity index (χ4v) is 2.54. The van der Waals surface area contributed by atoms with Crippen molar-refractivity contribution in [2.24, 2.45) is 0 Å². The Balaban J connectivity index is 2.88. The Morgan fingerprint density at radius 3 is 2.32 bits per heavy atom. The fourth-order valence-electron chi connectivity index (χ4n) is 2.54. The molecule has 1 aliphatic heterocycles. The summed E-state index contributed by atoms with van der Waals surface area (Å²) < 4.78 is 10.3. The molecule has 1 fully saturated rings. The highest BCUT2D eigenvalue weighted by atomic mass is 16.6. The van der Waals surface area contributed by atoms with Crippen LogP contribution in [0.4, 0.5) is 4.79 Å². The quantitative estimate of drug-likeness (QED) is 0.541. The average Bonchev–Trinajstić information content (AvgIpc) is 2.55. The van der Waals surface area contributed by atoms with Crippen LogP contribution in [0.25, 0.3) is 0 Å². The summed E-state index contributed by atoms with van der Waals surface area (Å²) in [6, 6.07) is -0.940. The van der Waals surface area contributed by atoms with Crippen molar-refractivity contribution in [1.29, 1.82) is 0 Å². The lowest BCUT2D eigenvalue weighted by Gasteiger charge is -2.34. The number of carbonyl (C=O) groups excluding carboxylic acids is 3. The zero-order valence-electron chi connectivity index (χ0n) is 15.7. The molecule has 1 saturated heterocycles. The molecular weight excluding hydrogens is 324 g/mol. The predicted octanol–water partition coefficient (Wildman–Crippen LogP) is 2.35. The maximum atomic E-state index is 12.9. The zero-order chi connectivity index (χ0) is 19.0. The van der Waals surface area contributed by atoms with Crippen LogP contribution in [0.3, 0.4) is 0 Å². The lowest BCUT2D eigenvalue weighted by Crippen LogP contribution is -2.52. The van der Waals surface area contributed by atoms with Gasteiger partial charge in [0.15, 0.2) is 0 Å². The molecule has 1 atom stereocenters. The van der Waals surface area contributed by atoms with Gasteiger partial charge in [-0.25, -0.2) is 4.79 Å². The smallest absolute Gasteiger partial charge is 0.410 e.